The van der Waals surface area contributed by atoms with Gasteiger partial charge in [-0.15, -0.1) is 0 Å². The second-order valence-corrected chi connectivity index (χ2v) is 7.69. The van der Waals surface area contributed by atoms with Crippen molar-refractivity contribution in [2.24, 2.45) is 7.05 Å². The number of carbonyl (C=O) groups excluding carboxylic acids is 2. The zero-order chi connectivity index (χ0) is 25.7. The van der Waals surface area contributed by atoms with Crippen LogP contribution in [-0.2, 0) is 11.8 Å². The summed E-state index contributed by atoms with van der Waals surface area (Å²) in [6.07, 6.45) is 4.84. The maximum absolute atomic E-state index is 12.7. The van der Waals surface area contributed by atoms with Crippen LogP contribution in [0.25, 0.3) is 11.4 Å². The number of nitrogens with one attached hydrogen (secondary N) is 2. The minimum atomic E-state index is -0.474. The van der Waals surface area contributed by atoms with Gasteiger partial charge in [0.25, 0.3) is 0 Å². The second-order valence-electron chi connectivity index (χ2n) is 7.69. The summed E-state index contributed by atoms with van der Waals surface area (Å²) in [5, 5.41) is 10.8. The molecular formula is C25H25N7O4. The van der Waals surface area contributed by atoms with Crippen molar-refractivity contribution < 1.29 is 19.1 Å². The van der Waals surface area contributed by atoms with E-state index in [0.29, 0.717) is 57.7 Å². The normalized spacial score (nSPS) is 10.6. The fraction of sp³-hybridized carbons (Fsp3) is 0.200. The van der Waals surface area contributed by atoms with Gasteiger partial charge in [-0.25, -0.2) is 19.7 Å². The number of methoxy groups -OCH3 is 2. The van der Waals surface area contributed by atoms with Gasteiger partial charge in [-0.3, -0.25) is 9.48 Å². The SMILES string of the molecule is CCC(=O)c1cnc(Nc2ccc(C(=O)OC)cn2)cc1Nc1cccc(-c2ncn(C)n2)c1OC. The Kier molecular flexibility index (Phi) is 7.19. The van der Waals surface area contributed by atoms with E-state index >= 15 is 0 Å². The zero-order valence-corrected chi connectivity index (χ0v) is 20.3. The molecule has 4 aromatic rings. The van der Waals surface area contributed by atoms with Crippen LogP contribution in [0.5, 0.6) is 5.75 Å². The summed E-state index contributed by atoms with van der Waals surface area (Å²) in [6.45, 7) is 1.79. The number of aromatic nitrogens is 5. The first-order valence-corrected chi connectivity index (χ1v) is 11.1. The van der Waals surface area contributed by atoms with Crippen LogP contribution in [0, 0.1) is 0 Å². The Morgan fingerprint density at radius 2 is 1.78 bits per heavy atom. The van der Waals surface area contributed by atoms with Gasteiger partial charge >= 0.3 is 5.97 Å². The number of pyridine rings is 2. The van der Waals surface area contributed by atoms with Crippen LogP contribution < -0.4 is 15.4 Å². The molecule has 0 saturated carbocycles. The van der Waals surface area contributed by atoms with E-state index in [0.717, 1.165) is 0 Å². The largest absolute Gasteiger partial charge is 0.494 e. The van der Waals surface area contributed by atoms with E-state index < -0.39 is 5.97 Å². The molecule has 0 radical (unpaired) electrons. The summed E-state index contributed by atoms with van der Waals surface area (Å²) in [7, 11) is 4.66. The number of carbonyl (C=O) groups is 2. The monoisotopic (exact) mass is 487 g/mol. The van der Waals surface area contributed by atoms with E-state index in [1.807, 2.05) is 18.2 Å². The van der Waals surface area contributed by atoms with Crippen molar-refractivity contribution in [1.82, 2.24) is 24.7 Å². The van der Waals surface area contributed by atoms with Crippen LogP contribution in [-0.4, -0.2) is 50.7 Å². The number of ketones is 1. The Morgan fingerprint density at radius 1 is 0.972 bits per heavy atom. The Hall–Kier alpha value is -4.80. The van der Waals surface area contributed by atoms with Crippen molar-refractivity contribution in [2.75, 3.05) is 24.9 Å². The molecule has 3 heterocycles. The number of benzene rings is 1. The van der Waals surface area contributed by atoms with E-state index in [1.165, 1.54) is 19.5 Å². The van der Waals surface area contributed by atoms with Crippen molar-refractivity contribution in [1.29, 1.82) is 0 Å². The lowest BCUT2D eigenvalue weighted by Gasteiger charge is -2.17. The first kappa shape index (κ1) is 24.3. The molecule has 11 heteroatoms. The number of para-hydroxylation sites is 1. The topological polar surface area (TPSA) is 133 Å². The molecule has 11 nitrogen and oxygen atoms in total. The summed E-state index contributed by atoms with van der Waals surface area (Å²) in [5.74, 6) is 1.42. The lowest BCUT2D eigenvalue weighted by molar-refractivity contribution is 0.0600. The highest BCUT2D eigenvalue weighted by atomic mass is 16.5. The van der Waals surface area contributed by atoms with Crippen LogP contribution >= 0.6 is 0 Å². The van der Waals surface area contributed by atoms with E-state index in [4.69, 9.17) is 9.47 Å². The van der Waals surface area contributed by atoms with Crippen LogP contribution in [0.15, 0.2) is 55.1 Å². The minimum absolute atomic E-state index is 0.0707. The summed E-state index contributed by atoms with van der Waals surface area (Å²) in [4.78, 5) is 37.2. The van der Waals surface area contributed by atoms with Crippen molar-refractivity contribution >= 4 is 34.8 Å². The van der Waals surface area contributed by atoms with Crippen LogP contribution in [0.1, 0.15) is 34.1 Å². The molecule has 184 valence electrons. The highest BCUT2D eigenvalue weighted by Crippen LogP contribution is 2.37. The lowest BCUT2D eigenvalue weighted by Crippen LogP contribution is -2.07. The summed E-state index contributed by atoms with van der Waals surface area (Å²) in [5.41, 5.74) is 2.63. The van der Waals surface area contributed by atoms with E-state index in [9.17, 15) is 9.59 Å². The first-order valence-electron chi connectivity index (χ1n) is 11.1. The quantitative estimate of drug-likeness (QED) is 0.262. The molecule has 1 aromatic carbocycles. The van der Waals surface area contributed by atoms with Gasteiger partial charge in [-0.2, -0.15) is 5.10 Å². The number of anilines is 4. The lowest BCUT2D eigenvalue weighted by atomic mass is 10.1. The summed E-state index contributed by atoms with van der Waals surface area (Å²) in [6, 6.07) is 10.5. The predicted molar refractivity (Wildman–Crippen MR) is 134 cm³/mol. The molecule has 0 amide bonds. The van der Waals surface area contributed by atoms with E-state index in [1.54, 1.807) is 50.3 Å². The molecule has 0 spiro atoms. The average molecular weight is 488 g/mol. The molecule has 2 N–H and O–H groups in total. The molecule has 0 aliphatic heterocycles. The minimum Gasteiger partial charge on any atom is -0.494 e. The molecule has 0 unspecified atom stereocenters. The predicted octanol–water partition coefficient (Wildman–Crippen LogP) is 4.15. The highest BCUT2D eigenvalue weighted by molar-refractivity contribution is 6.02. The number of hydrogen-bond acceptors (Lipinski definition) is 10. The third-order valence-corrected chi connectivity index (χ3v) is 5.30. The van der Waals surface area contributed by atoms with Gasteiger partial charge < -0.3 is 20.1 Å². The number of ether oxygens (including phenoxy) is 2. The molecule has 0 atom stereocenters. The fourth-order valence-electron chi connectivity index (χ4n) is 3.52. The maximum Gasteiger partial charge on any atom is 0.339 e. The Morgan fingerprint density at radius 3 is 2.42 bits per heavy atom. The van der Waals surface area contributed by atoms with Gasteiger partial charge in [0.2, 0.25) is 0 Å². The molecule has 0 aliphatic rings. The smallest absolute Gasteiger partial charge is 0.339 e. The zero-order valence-electron chi connectivity index (χ0n) is 20.3. The van der Waals surface area contributed by atoms with Gasteiger partial charge in [0.15, 0.2) is 17.4 Å². The third kappa shape index (κ3) is 5.14. The van der Waals surface area contributed by atoms with E-state index in [2.05, 4.69) is 30.7 Å². The number of esters is 1. The number of hydrogen-bond donors (Lipinski definition) is 2. The van der Waals surface area contributed by atoms with Gasteiger partial charge in [-0.05, 0) is 24.3 Å². The standard InChI is InChI=1S/C25H25N7O4/c1-5-20(33)17-13-27-22(30-21-10-9-15(12-26-21)25(34)36-4)11-19(17)29-18-8-6-7-16(23(18)35-3)24-28-14-32(2)31-24/h6-14H,5H2,1-4H3,(H2,26,27,29,30). The number of rotatable bonds is 9. The van der Waals surface area contributed by atoms with Gasteiger partial charge in [0.05, 0.1) is 42.3 Å². The Bertz CT molecular complexity index is 1400. The Balaban J connectivity index is 1.68. The summed E-state index contributed by atoms with van der Waals surface area (Å²) < 4.78 is 12.0. The third-order valence-electron chi connectivity index (χ3n) is 5.30. The average Bonchev–Trinajstić information content (AvgIpc) is 3.34. The van der Waals surface area contributed by atoms with Crippen molar-refractivity contribution in [3.05, 3.63) is 66.2 Å². The van der Waals surface area contributed by atoms with E-state index in [-0.39, 0.29) is 5.78 Å². The number of Topliss-reactive ketones (excluding diaryl/α,β-unsaturated/α-hetero) is 1. The first-order chi connectivity index (χ1) is 17.4. The van der Waals surface area contributed by atoms with Crippen molar-refractivity contribution in [3.8, 4) is 17.1 Å². The molecule has 0 fully saturated rings. The van der Waals surface area contributed by atoms with Gasteiger partial charge in [0.1, 0.15) is 18.0 Å². The molecule has 0 bridgehead atoms. The van der Waals surface area contributed by atoms with Gasteiger partial charge in [0, 0.05) is 31.9 Å². The maximum atomic E-state index is 12.7. The van der Waals surface area contributed by atoms with Crippen LogP contribution in [0.2, 0.25) is 0 Å². The second kappa shape index (κ2) is 10.6. The fourth-order valence-corrected chi connectivity index (χ4v) is 3.52. The van der Waals surface area contributed by atoms with Crippen LogP contribution in [0.4, 0.5) is 23.0 Å². The van der Waals surface area contributed by atoms with Crippen LogP contribution in [0.3, 0.4) is 0 Å². The molecule has 36 heavy (non-hydrogen) atoms. The molecule has 4 rings (SSSR count). The molecular weight excluding hydrogens is 462 g/mol. The van der Waals surface area contributed by atoms with Crippen molar-refractivity contribution in [2.45, 2.75) is 13.3 Å². The molecule has 0 saturated heterocycles. The Labute approximate surface area is 207 Å². The number of aryl methyl sites for hydroxylation is 1. The molecule has 0 aliphatic carbocycles. The van der Waals surface area contributed by atoms with Crippen molar-refractivity contribution in [3.63, 3.8) is 0 Å². The number of nitrogens with zero attached hydrogens (tertiary/aromatic N) is 5. The van der Waals surface area contributed by atoms with Gasteiger partial charge in [-0.1, -0.05) is 13.0 Å². The molecule has 3 aromatic heterocycles. The highest BCUT2D eigenvalue weighted by Gasteiger charge is 2.18. The summed E-state index contributed by atoms with van der Waals surface area (Å²) >= 11 is 0.